The molecule has 0 saturated heterocycles. The van der Waals surface area contributed by atoms with Gasteiger partial charge < -0.3 is 10.6 Å². The van der Waals surface area contributed by atoms with Crippen molar-refractivity contribution in [3.63, 3.8) is 0 Å². The molecule has 0 spiro atoms. The average molecular weight is 389 g/mol. The maximum atomic E-state index is 11.9. The first-order valence-electron chi connectivity index (χ1n) is 7.89. The van der Waals surface area contributed by atoms with E-state index in [0.29, 0.717) is 16.4 Å². The second kappa shape index (κ2) is 10.9. The van der Waals surface area contributed by atoms with Crippen molar-refractivity contribution in [2.45, 2.75) is 38.1 Å². The Morgan fingerprint density at radius 3 is 2.68 bits per heavy atom. The van der Waals surface area contributed by atoms with Crippen LogP contribution in [-0.4, -0.2) is 34.6 Å². The molecule has 138 valence electrons. The number of halogens is 2. The van der Waals surface area contributed by atoms with Gasteiger partial charge in [-0.1, -0.05) is 30.9 Å². The Hall–Kier alpha value is -1.83. The highest BCUT2D eigenvalue weighted by Gasteiger charge is 2.15. The molecule has 1 fully saturated rings. The molecule has 1 aliphatic rings. The van der Waals surface area contributed by atoms with Crippen molar-refractivity contribution in [3.8, 4) is 0 Å². The second-order valence-corrected chi connectivity index (χ2v) is 6.07. The van der Waals surface area contributed by atoms with Crippen LogP contribution in [-0.2, 0) is 9.59 Å². The smallest absolute Gasteiger partial charge is 0.267 e. The first-order chi connectivity index (χ1) is 11.6. The third-order valence-electron chi connectivity index (χ3n) is 3.79. The van der Waals surface area contributed by atoms with E-state index in [1.54, 1.807) is 6.07 Å². The largest absolute Gasteiger partial charge is 0.360 e. The van der Waals surface area contributed by atoms with Gasteiger partial charge in [-0.05, 0) is 30.5 Å². The fourth-order valence-electron chi connectivity index (χ4n) is 2.57. The number of hydrogen-bond acceptors (Lipinski definition) is 5. The number of pyridine rings is 1. The van der Waals surface area contributed by atoms with E-state index in [1.807, 2.05) is 0 Å². The summed E-state index contributed by atoms with van der Waals surface area (Å²) in [6.07, 6.45) is 9.76. The lowest BCUT2D eigenvalue weighted by Gasteiger charge is -2.22. The lowest BCUT2D eigenvalue weighted by atomic mass is 9.95. The van der Waals surface area contributed by atoms with Gasteiger partial charge in [0.25, 0.3) is 5.91 Å². The fourth-order valence-corrected chi connectivity index (χ4v) is 2.81. The summed E-state index contributed by atoms with van der Waals surface area (Å²) in [5, 5.41) is 14.7. The summed E-state index contributed by atoms with van der Waals surface area (Å²) in [6.45, 7) is 0.103. The molecule has 0 atom stereocenters. The molecule has 0 bridgehead atoms. The van der Waals surface area contributed by atoms with Gasteiger partial charge in [-0.15, -0.1) is 12.4 Å². The molecule has 2 amide bonds. The Morgan fingerprint density at radius 1 is 1.32 bits per heavy atom. The van der Waals surface area contributed by atoms with Crippen molar-refractivity contribution in [2.75, 3.05) is 11.9 Å². The lowest BCUT2D eigenvalue weighted by molar-refractivity contribution is -0.124. The summed E-state index contributed by atoms with van der Waals surface area (Å²) in [5.74, 6) is -0.324. The average Bonchev–Trinajstić information content (AvgIpc) is 2.59. The van der Waals surface area contributed by atoms with Gasteiger partial charge >= 0.3 is 0 Å². The minimum absolute atomic E-state index is 0. The van der Waals surface area contributed by atoms with Crippen LogP contribution in [0, 0.1) is 0 Å². The van der Waals surface area contributed by atoms with Gasteiger partial charge in [-0.3, -0.25) is 14.8 Å². The summed E-state index contributed by atoms with van der Waals surface area (Å²) in [5.41, 5.74) is 2.09. The van der Waals surface area contributed by atoms with Gasteiger partial charge in [-0.2, -0.15) is 0 Å². The molecule has 25 heavy (non-hydrogen) atoms. The zero-order chi connectivity index (χ0) is 17.4. The summed E-state index contributed by atoms with van der Waals surface area (Å²) in [6, 6.07) is 1.87. The number of hydroxylamine groups is 1. The number of hydrogen-bond donors (Lipinski definition) is 4. The molecule has 0 aromatic carbocycles. The van der Waals surface area contributed by atoms with Crippen LogP contribution >= 0.6 is 24.0 Å². The van der Waals surface area contributed by atoms with E-state index >= 15 is 0 Å². The van der Waals surface area contributed by atoms with Crippen molar-refractivity contribution >= 4 is 47.7 Å². The van der Waals surface area contributed by atoms with Gasteiger partial charge in [0.05, 0.1) is 11.6 Å². The van der Waals surface area contributed by atoms with Gasteiger partial charge in [0.15, 0.2) is 0 Å². The van der Waals surface area contributed by atoms with Crippen molar-refractivity contribution < 1.29 is 14.8 Å². The Kier molecular flexibility index (Phi) is 9.26. The maximum absolute atomic E-state index is 11.9. The fraction of sp³-hybridized carbons (Fsp3) is 0.438. The van der Waals surface area contributed by atoms with E-state index in [2.05, 4.69) is 15.6 Å². The van der Waals surface area contributed by atoms with Crippen LogP contribution in [0.2, 0.25) is 5.02 Å². The SMILES string of the molecule is Cl.O=C(/C=C/c1cnc(NCC(=O)NC2CCCCC2)c(Cl)c1)NO. The van der Waals surface area contributed by atoms with Gasteiger partial charge in [0, 0.05) is 18.3 Å². The number of nitrogens with one attached hydrogen (secondary N) is 3. The van der Waals surface area contributed by atoms with Crippen LogP contribution < -0.4 is 16.1 Å². The molecule has 1 heterocycles. The van der Waals surface area contributed by atoms with E-state index in [4.69, 9.17) is 16.8 Å². The number of nitrogens with zero attached hydrogens (tertiary/aromatic N) is 1. The van der Waals surface area contributed by atoms with E-state index < -0.39 is 5.91 Å². The number of amides is 2. The standard InChI is InChI=1S/C16H21ClN4O3.ClH/c17-13-8-11(6-7-14(22)21-24)9-18-16(13)19-10-15(23)20-12-4-2-1-3-5-12;/h6-9,12,24H,1-5,10H2,(H,18,19)(H,20,23)(H,21,22);1H/b7-6+;. The van der Waals surface area contributed by atoms with Crippen molar-refractivity contribution in [3.05, 3.63) is 28.9 Å². The lowest BCUT2D eigenvalue weighted by Crippen LogP contribution is -2.39. The number of carbonyl (C=O) groups excluding carboxylic acids is 2. The van der Waals surface area contributed by atoms with E-state index in [0.717, 1.165) is 31.8 Å². The molecular formula is C16H22Cl2N4O3. The topological polar surface area (TPSA) is 103 Å². The van der Waals surface area contributed by atoms with Crippen molar-refractivity contribution in [1.29, 1.82) is 0 Å². The number of anilines is 1. The first kappa shape index (κ1) is 21.2. The summed E-state index contributed by atoms with van der Waals surface area (Å²) < 4.78 is 0. The molecule has 0 aliphatic heterocycles. The summed E-state index contributed by atoms with van der Waals surface area (Å²) in [4.78, 5) is 27.0. The zero-order valence-corrected chi connectivity index (χ0v) is 15.2. The predicted molar refractivity (Wildman–Crippen MR) is 99.0 cm³/mol. The molecule has 7 nitrogen and oxygen atoms in total. The second-order valence-electron chi connectivity index (χ2n) is 5.66. The molecule has 1 aromatic rings. The normalized spacial score (nSPS) is 14.6. The number of rotatable bonds is 6. The predicted octanol–water partition coefficient (Wildman–Crippen LogP) is 2.54. The van der Waals surface area contributed by atoms with Crippen molar-refractivity contribution in [1.82, 2.24) is 15.8 Å². The van der Waals surface area contributed by atoms with E-state index in [9.17, 15) is 9.59 Å². The highest BCUT2D eigenvalue weighted by molar-refractivity contribution is 6.33. The Bertz CT molecular complexity index is 619. The third kappa shape index (κ3) is 7.29. The molecule has 0 unspecified atom stereocenters. The van der Waals surface area contributed by atoms with Crippen LogP contribution in [0.25, 0.3) is 6.08 Å². The van der Waals surface area contributed by atoms with E-state index in [-0.39, 0.29) is 30.9 Å². The maximum Gasteiger partial charge on any atom is 0.267 e. The van der Waals surface area contributed by atoms with Gasteiger partial charge in [-0.25, -0.2) is 10.5 Å². The molecule has 2 rings (SSSR count). The Balaban J connectivity index is 0.00000312. The summed E-state index contributed by atoms with van der Waals surface area (Å²) >= 11 is 6.11. The molecule has 1 aromatic heterocycles. The Morgan fingerprint density at radius 2 is 2.04 bits per heavy atom. The van der Waals surface area contributed by atoms with Crippen LogP contribution in [0.3, 0.4) is 0 Å². The van der Waals surface area contributed by atoms with E-state index in [1.165, 1.54) is 24.2 Å². The number of carbonyl (C=O) groups is 2. The van der Waals surface area contributed by atoms with Gasteiger partial charge in [0.2, 0.25) is 5.91 Å². The van der Waals surface area contributed by atoms with Crippen LogP contribution in [0.1, 0.15) is 37.7 Å². The molecule has 1 aliphatic carbocycles. The minimum atomic E-state index is -0.646. The van der Waals surface area contributed by atoms with Gasteiger partial charge in [0.1, 0.15) is 5.82 Å². The molecule has 4 N–H and O–H groups in total. The highest BCUT2D eigenvalue weighted by Crippen LogP contribution is 2.21. The third-order valence-corrected chi connectivity index (χ3v) is 4.07. The molecule has 9 heteroatoms. The van der Waals surface area contributed by atoms with Crippen LogP contribution in [0.5, 0.6) is 0 Å². The Labute approximate surface area is 157 Å². The van der Waals surface area contributed by atoms with Crippen LogP contribution in [0.15, 0.2) is 18.3 Å². The number of aromatic nitrogens is 1. The summed E-state index contributed by atoms with van der Waals surface area (Å²) in [7, 11) is 0. The monoisotopic (exact) mass is 388 g/mol. The zero-order valence-electron chi connectivity index (χ0n) is 13.6. The highest BCUT2D eigenvalue weighted by atomic mass is 35.5. The quantitative estimate of drug-likeness (QED) is 0.340. The molecule has 0 radical (unpaired) electrons. The minimum Gasteiger partial charge on any atom is -0.360 e. The molecular weight excluding hydrogens is 367 g/mol. The van der Waals surface area contributed by atoms with Crippen molar-refractivity contribution in [2.24, 2.45) is 0 Å². The molecule has 1 saturated carbocycles. The van der Waals surface area contributed by atoms with Crippen LogP contribution in [0.4, 0.5) is 5.82 Å². The first-order valence-corrected chi connectivity index (χ1v) is 8.27.